The van der Waals surface area contributed by atoms with Gasteiger partial charge < -0.3 is 5.11 Å². The van der Waals surface area contributed by atoms with Crippen molar-refractivity contribution in [3.63, 3.8) is 0 Å². The summed E-state index contributed by atoms with van der Waals surface area (Å²) in [6.45, 7) is 4.90. The Morgan fingerprint density at radius 3 is 2.19 bits per heavy atom. The lowest BCUT2D eigenvalue weighted by Crippen LogP contribution is -2.32. The number of carboxylic acid groups (broad SMARTS) is 1. The van der Waals surface area contributed by atoms with E-state index in [0.717, 1.165) is 10.0 Å². The van der Waals surface area contributed by atoms with Crippen LogP contribution < -0.4 is 0 Å². The molecule has 4 nitrogen and oxygen atoms in total. The maximum Gasteiger partial charge on any atom is 0.306 e. The van der Waals surface area contributed by atoms with Gasteiger partial charge in [-0.25, -0.2) is 8.42 Å². The van der Waals surface area contributed by atoms with Crippen molar-refractivity contribution in [3.8, 4) is 0 Å². The Balaban J connectivity index is 2.76. The smallest absolute Gasteiger partial charge is 0.306 e. The molecule has 21 heavy (non-hydrogen) atoms. The van der Waals surface area contributed by atoms with Gasteiger partial charge in [-0.15, -0.1) is 0 Å². The highest BCUT2D eigenvalue weighted by Crippen LogP contribution is 2.21. The molecule has 0 fully saturated rings. The Labute approximate surface area is 134 Å². The maximum atomic E-state index is 12.1. The van der Waals surface area contributed by atoms with Gasteiger partial charge in [0.2, 0.25) is 0 Å². The van der Waals surface area contributed by atoms with Crippen LogP contribution in [0.5, 0.6) is 0 Å². The number of hydrogen-bond donors (Lipinski definition) is 1. The van der Waals surface area contributed by atoms with Crippen LogP contribution in [0.15, 0.2) is 28.7 Å². The molecule has 1 N–H and O–H groups in total. The standard InChI is InChI=1S/C15H21BrO4S/c1-15(2,3)21(19,20)9-8-12(14(17)18)10-11-4-6-13(16)7-5-11/h4-7,12H,8-10H2,1-3H3,(H,17,18). The average Bonchev–Trinajstić information content (AvgIpc) is 2.35. The largest absolute Gasteiger partial charge is 0.481 e. The van der Waals surface area contributed by atoms with Crippen molar-refractivity contribution in [2.24, 2.45) is 5.92 Å². The summed E-state index contributed by atoms with van der Waals surface area (Å²) in [5.74, 6) is -1.75. The fourth-order valence-corrected chi connectivity index (χ4v) is 3.29. The zero-order chi connectivity index (χ0) is 16.3. The molecule has 0 saturated carbocycles. The van der Waals surface area contributed by atoms with Gasteiger partial charge in [0.15, 0.2) is 9.84 Å². The third-order valence-electron chi connectivity index (χ3n) is 3.41. The predicted octanol–water partition coefficient (Wildman–Crippen LogP) is 3.30. The van der Waals surface area contributed by atoms with E-state index >= 15 is 0 Å². The molecule has 0 aliphatic heterocycles. The molecule has 1 rings (SSSR count). The van der Waals surface area contributed by atoms with E-state index in [1.807, 2.05) is 24.3 Å². The summed E-state index contributed by atoms with van der Waals surface area (Å²) in [6.07, 6.45) is 0.466. The summed E-state index contributed by atoms with van der Waals surface area (Å²) in [5.41, 5.74) is 0.888. The van der Waals surface area contributed by atoms with Crippen molar-refractivity contribution in [1.82, 2.24) is 0 Å². The molecule has 1 aromatic carbocycles. The van der Waals surface area contributed by atoms with Crippen LogP contribution in [0.1, 0.15) is 32.8 Å². The summed E-state index contributed by atoms with van der Waals surface area (Å²) in [4.78, 5) is 11.3. The lowest BCUT2D eigenvalue weighted by atomic mass is 9.97. The molecule has 0 saturated heterocycles. The second-order valence-electron chi connectivity index (χ2n) is 6.09. The minimum Gasteiger partial charge on any atom is -0.481 e. The predicted molar refractivity (Wildman–Crippen MR) is 87.1 cm³/mol. The highest BCUT2D eigenvalue weighted by molar-refractivity contribution is 9.10. The molecule has 1 aromatic rings. The second-order valence-corrected chi connectivity index (χ2v) is 9.86. The van der Waals surface area contributed by atoms with Crippen molar-refractivity contribution in [1.29, 1.82) is 0 Å². The zero-order valence-electron chi connectivity index (χ0n) is 12.5. The number of aliphatic carboxylic acids is 1. The molecule has 118 valence electrons. The van der Waals surface area contributed by atoms with Gasteiger partial charge in [-0.05, 0) is 51.3 Å². The minimum atomic E-state index is -3.30. The summed E-state index contributed by atoms with van der Waals surface area (Å²) in [5, 5.41) is 9.28. The fraction of sp³-hybridized carbons (Fsp3) is 0.533. The number of rotatable bonds is 6. The number of carboxylic acids is 1. The first-order valence-electron chi connectivity index (χ1n) is 6.72. The quantitative estimate of drug-likeness (QED) is 0.826. The second kappa shape index (κ2) is 6.92. The van der Waals surface area contributed by atoms with Crippen LogP contribution in [0.2, 0.25) is 0 Å². The van der Waals surface area contributed by atoms with Crippen LogP contribution in [0.25, 0.3) is 0 Å². The molecule has 0 radical (unpaired) electrons. The number of sulfone groups is 1. The Morgan fingerprint density at radius 2 is 1.76 bits per heavy atom. The van der Waals surface area contributed by atoms with E-state index in [1.54, 1.807) is 20.8 Å². The van der Waals surface area contributed by atoms with Crippen molar-refractivity contribution in [2.45, 2.75) is 38.4 Å². The molecule has 0 aromatic heterocycles. The van der Waals surface area contributed by atoms with Gasteiger partial charge in [-0.3, -0.25) is 4.79 Å². The Morgan fingerprint density at radius 1 is 1.24 bits per heavy atom. The van der Waals surface area contributed by atoms with Gasteiger partial charge >= 0.3 is 5.97 Å². The highest BCUT2D eigenvalue weighted by atomic mass is 79.9. The average molecular weight is 377 g/mol. The van der Waals surface area contributed by atoms with E-state index in [2.05, 4.69) is 15.9 Å². The highest BCUT2D eigenvalue weighted by Gasteiger charge is 2.30. The van der Waals surface area contributed by atoms with E-state index in [0.29, 0.717) is 6.42 Å². The summed E-state index contributed by atoms with van der Waals surface area (Å²) in [7, 11) is -3.30. The topological polar surface area (TPSA) is 71.4 Å². The van der Waals surface area contributed by atoms with Gasteiger partial charge in [0.1, 0.15) is 0 Å². The Hall–Kier alpha value is -0.880. The normalized spacial score (nSPS) is 13.9. The SMILES string of the molecule is CC(C)(C)S(=O)(=O)CCC(Cc1ccc(Br)cc1)C(=O)O. The molecule has 1 atom stereocenters. The lowest BCUT2D eigenvalue weighted by Gasteiger charge is -2.20. The number of carbonyl (C=O) groups is 1. The van der Waals surface area contributed by atoms with Crippen LogP contribution in [0.3, 0.4) is 0 Å². The minimum absolute atomic E-state index is 0.107. The van der Waals surface area contributed by atoms with Crippen LogP contribution >= 0.6 is 15.9 Å². The van der Waals surface area contributed by atoms with Crippen molar-refractivity contribution in [2.75, 3.05) is 5.75 Å². The molecule has 0 aliphatic carbocycles. The van der Waals surface area contributed by atoms with Gasteiger partial charge in [-0.2, -0.15) is 0 Å². The third kappa shape index (κ3) is 5.43. The van der Waals surface area contributed by atoms with E-state index in [1.165, 1.54) is 0 Å². The van der Waals surface area contributed by atoms with E-state index < -0.39 is 26.5 Å². The molecule has 1 unspecified atom stereocenters. The van der Waals surface area contributed by atoms with Gasteiger partial charge in [0.05, 0.1) is 16.4 Å². The molecule has 6 heteroatoms. The molecular weight excluding hydrogens is 356 g/mol. The van der Waals surface area contributed by atoms with Crippen LogP contribution in [-0.4, -0.2) is 30.0 Å². The number of halogens is 1. The van der Waals surface area contributed by atoms with Crippen molar-refractivity contribution < 1.29 is 18.3 Å². The van der Waals surface area contributed by atoms with Gasteiger partial charge in [-0.1, -0.05) is 28.1 Å². The molecule has 0 heterocycles. The monoisotopic (exact) mass is 376 g/mol. The molecule has 0 aliphatic rings. The number of hydrogen-bond acceptors (Lipinski definition) is 3. The van der Waals surface area contributed by atoms with E-state index in [-0.39, 0.29) is 12.2 Å². The fourth-order valence-electron chi connectivity index (χ4n) is 1.82. The first-order chi connectivity index (χ1) is 9.53. The van der Waals surface area contributed by atoms with Crippen LogP contribution in [-0.2, 0) is 21.1 Å². The molecular formula is C15H21BrO4S. The van der Waals surface area contributed by atoms with Gasteiger partial charge in [0, 0.05) is 4.47 Å². The van der Waals surface area contributed by atoms with E-state index in [4.69, 9.17) is 0 Å². The Bertz CT molecular complexity index is 585. The van der Waals surface area contributed by atoms with Crippen molar-refractivity contribution >= 4 is 31.7 Å². The Kier molecular flexibility index (Phi) is 5.99. The molecule has 0 bridgehead atoms. The summed E-state index contributed by atoms with van der Waals surface area (Å²) >= 11 is 3.32. The summed E-state index contributed by atoms with van der Waals surface area (Å²) < 4.78 is 24.2. The lowest BCUT2D eigenvalue weighted by molar-refractivity contribution is -0.141. The summed E-state index contributed by atoms with van der Waals surface area (Å²) in [6, 6.07) is 7.39. The van der Waals surface area contributed by atoms with Crippen LogP contribution in [0, 0.1) is 5.92 Å². The molecule has 0 spiro atoms. The first-order valence-corrected chi connectivity index (χ1v) is 9.17. The third-order valence-corrected chi connectivity index (χ3v) is 6.58. The van der Waals surface area contributed by atoms with Gasteiger partial charge in [0.25, 0.3) is 0 Å². The van der Waals surface area contributed by atoms with Crippen LogP contribution in [0.4, 0.5) is 0 Å². The zero-order valence-corrected chi connectivity index (χ0v) is 14.9. The molecule has 0 amide bonds. The number of benzene rings is 1. The van der Waals surface area contributed by atoms with E-state index in [9.17, 15) is 18.3 Å². The van der Waals surface area contributed by atoms with Crippen molar-refractivity contribution in [3.05, 3.63) is 34.3 Å². The maximum absolute atomic E-state index is 12.1. The first kappa shape index (κ1) is 18.2.